The quantitative estimate of drug-likeness (QED) is 0.723. The molecule has 3 heterocycles. The third kappa shape index (κ3) is 3.39. The van der Waals surface area contributed by atoms with Crippen molar-refractivity contribution in [2.24, 2.45) is 0 Å². The van der Waals surface area contributed by atoms with Gasteiger partial charge < -0.3 is 20.6 Å². The summed E-state index contributed by atoms with van der Waals surface area (Å²) in [6, 6.07) is -0.149. The molecule has 9 heteroatoms. The summed E-state index contributed by atoms with van der Waals surface area (Å²) in [5.41, 5.74) is 1.29. The molecule has 0 aliphatic carbocycles. The van der Waals surface area contributed by atoms with Crippen LogP contribution in [0.3, 0.4) is 0 Å². The Morgan fingerprint density at radius 3 is 3.00 bits per heavy atom. The molecule has 0 radical (unpaired) electrons. The van der Waals surface area contributed by atoms with Gasteiger partial charge in [-0.15, -0.1) is 0 Å². The van der Waals surface area contributed by atoms with Crippen LogP contribution in [0.25, 0.3) is 5.65 Å². The lowest BCUT2D eigenvalue weighted by Gasteiger charge is -2.33. The van der Waals surface area contributed by atoms with Crippen LogP contribution in [0.4, 0.5) is 16.4 Å². The van der Waals surface area contributed by atoms with Crippen molar-refractivity contribution in [2.75, 3.05) is 23.3 Å². The standard InChI is InChI=1S/C16H20N6O3/c1-3-12(23)20-13-10(2)18-15-14(17-6-8-22(13)15)21-7-4-5-11(9-21)19-16(24)25/h3,6,8,11,19H,1,4-5,7,9H2,2H3,(H,20,23)(H,24,25)/t11-/m1/s1. The fraction of sp³-hybridized carbons (Fsp3) is 0.375. The molecule has 1 atom stereocenters. The molecule has 1 aliphatic rings. The van der Waals surface area contributed by atoms with E-state index in [0.717, 1.165) is 19.4 Å². The van der Waals surface area contributed by atoms with Crippen LogP contribution < -0.4 is 15.5 Å². The first-order valence-electron chi connectivity index (χ1n) is 8.01. The highest BCUT2D eigenvalue weighted by Gasteiger charge is 2.25. The minimum absolute atomic E-state index is 0.149. The van der Waals surface area contributed by atoms with Gasteiger partial charge in [-0.05, 0) is 25.8 Å². The maximum absolute atomic E-state index is 11.6. The highest BCUT2D eigenvalue weighted by atomic mass is 16.4. The van der Waals surface area contributed by atoms with Gasteiger partial charge in [0, 0.05) is 31.5 Å². The lowest BCUT2D eigenvalue weighted by atomic mass is 10.1. The van der Waals surface area contributed by atoms with Gasteiger partial charge in [0.15, 0.2) is 11.5 Å². The zero-order chi connectivity index (χ0) is 18.0. The smallest absolute Gasteiger partial charge is 0.404 e. The monoisotopic (exact) mass is 344 g/mol. The maximum Gasteiger partial charge on any atom is 0.404 e. The molecule has 3 N–H and O–H groups in total. The normalized spacial score (nSPS) is 17.3. The number of fused-ring (bicyclic) bond motifs is 1. The number of piperidine rings is 1. The van der Waals surface area contributed by atoms with E-state index in [1.807, 2.05) is 4.90 Å². The number of aromatic nitrogens is 3. The lowest BCUT2D eigenvalue weighted by molar-refractivity contribution is -0.111. The molecule has 0 aromatic carbocycles. The topological polar surface area (TPSA) is 112 Å². The number of hydrogen-bond acceptors (Lipinski definition) is 5. The summed E-state index contributed by atoms with van der Waals surface area (Å²) in [6.07, 6.45) is 5.20. The molecule has 132 valence electrons. The first-order chi connectivity index (χ1) is 12.0. The molecular weight excluding hydrogens is 324 g/mol. The van der Waals surface area contributed by atoms with Crippen LogP contribution in [-0.2, 0) is 4.79 Å². The summed E-state index contributed by atoms with van der Waals surface area (Å²) < 4.78 is 1.77. The van der Waals surface area contributed by atoms with Crippen LogP contribution in [0, 0.1) is 6.92 Å². The first-order valence-corrected chi connectivity index (χ1v) is 8.01. The molecule has 9 nitrogen and oxygen atoms in total. The highest BCUT2D eigenvalue weighted by Crippen LogP contribution is 2.26. The Bertz CT molecular complexity index is 831. The molecule has 3 rings (SSSR count). The van der Waals surface area contributed by atoms with Crippen molar-refractivity contribution in [2.45, 2.75) is 25.8 Å². The number of carbonyl (C=O) groups is 2. The number of carboxylic acid groups (broad SMARTS) is 1. The summed E-state index contributed by atoms with van der Waals surface area (Å²) in [5.74, 6) is 0.925. The van der Waals surface area contributed by atoms with Gasteiger partial charge in [-0.2, -0.15) is 0 Å². The summed E-state index contributed by atoms with van der Waals surface area (Å²) in [4.78, 5) is 33.5. The van der Waals surface area contributed by atoms with Crippen LogP contribution in [0.15, 0.2) is 25.0 Å². The Morgan fingerprint density at radius 2 is 2.28 bits per heavy atom. The number of nitrogens with one attached hydrogen (secondary N) is 2. The van der Waals surface area contributed by atoms with E-state index in [1.54, 1.807) is 23.7 Å². The number of carbonyl (C=O) groups excluding carboxylic acids is 1. The zero-order valence-electron chi connectivity index (χ0n) is 13.9. The van der Waals surface area contributed by atoms with Crippen molar-refractivity contribution >= 4 is 29.3 Å². The third-order valence-corrected chi connectivity index (χ3v) is 4.17. The van der Waals surface area contributed by atoms with Crippen LogP contribution in [0.5, 0.6) is 0 Å². The highest BCUT2D eigenvalue weighted by molar-refractivity contribution is 5.99. The van der Waals surface area contributed by atoms with Crippen molar-refractivity contribution in [3.8, 4) is 0 Å². The molecule has 2 amide bonds. The Kier molecular flexibility index (Phi) is 4.55. The van der Waals surface area contributed by atoms with E-state index in [0.29, 0.717) is 29.5 Å². The van der Waals surface area contributed by atoms with E-state index < -0.39 is 6.09 Å². The van der Waals surface area contributed by atoms with Crippen LogP contribution in [0.1, 0.15) is 18.5 Å². The third-order valence-electron chi connectivity index (χ3n) is 4.17. The van der Waals surface area contributed by atoms with Gasteiger partial charge in [0.05, 0.1) is 5.69 Å². The zero-order valence-corrected chi connectivity index (χ0v) is 13.9. The number of hydrogen-bond donors (Lipinski definition) is 3. The van der Waals surface area contributed by atoms with Gasteiger partial charge in [0.2, 0.25) is 5.91 Å². The minimum atomic E-state index is -1.02. The molecule has 0 unspecified atom stereocenters. The van der Waals surface area contributed by atoms with Crippen LogP contribution >= 0.6 is 0 Å². The van der Waals surface area contributed by atoms with Crippen molar-refractivity contribution in [3.63, 3.8) is 0 Å². The van der Waals surface area contributed by atoms with Crippen molar-refractivity contribution in [1.29, 1.82) is 0 Å². The summed E-state index contributed by atoms with van der Waals surface area (Å²) in [6.45, 7) is 6.56. The van der Waals surface area contributed by atoms with Gasteiger partial charge in [0.1, 0.15) is 5.82 Å². The summed E-state index contributed by atoms with van der Waals surface area (Å²) in [5, 5.41) is 14.2. The predicted molar refractivity (Wildman–Crippen MR) is 92.9 cm³/mol. The molecule has 0 bridgehead atoms. The summed E-state index contributed by atoms with van der Waals surface area (Å²) >= 11 is 0. The van der Waals surface area contributed by atoms with Gasteiger partial charge in [-0.25, -0.2) is 14.8 Å². The molecule has 2 aromatic heterocycles. The average Bonchev–Trinajstić information content (AvgIpc) is 2.90. The second kappa shape index (κ2) is 6.80. The van der Waals surface area contributed by atoms with E-state index >= 15 is 0 Å². The Labute approximate surface area is 144 Å². The summed E-state index contributed by atoms with van der Waals surface area (Å²) in [7, 11) is 0. The molecule has 0 spiro atoms. The Hall–Kier alpha value is -3.10. The molecule has 25 heavy (non-hydrogen) atoms. The Balaban J connectivity index is 1.94. The van der Waals surface area contributed by atoms with Crippen molar-refractivity contribution < 1.29 is 14.7 Å². The SMILES string of the molecule is C=CC(=O)Nc1c(C)nc2c(N3CCC[C@@H](NC(=O)O)C3)nccn12. The molecule has 1 saturated heterocycles. The van der Waals surface area contributed by atoms with Gasteiger partial charge in [-0.3, -0.25) is 9.20 Å². The second-order valence-electron chi connectivity index (χ2n) is 5.92. The van der Waals surface area contributed by atoms with E-state index in [4.69, 9.17) is 5.11 Å². The average molecular weight is 344 g/mol. The fourth-order valence-corrected chi connectivity index (χ4v) is 3.08. The van der Waals surface area contributed by atoms with Crippen LogP contribution in [-0.4, -0.2) is 50.6 Å². The maximum atomic E-state index is 11.6. The Morgan fingerprint density at radius 1 is 1.48 bits per heavy atom. The predicted octanol–water partition coefficient (Wildman–Crippen LogP) is 1.40. The molecule has 2 aromatic rings. The van der Waals surface area contributed by atoms with Gasteiger partial charge >= 0.3 is 6.09 Å². The number of imidazole rings is 1. The molecule has 0 saturated carbocycles. The molecule has 1 fully saturated rings. The van der Waals surface area contributed by atoms with E-state index in [2.05, 4.69) is 27.2 Å². The van der Waals surface area contributed by atoms with E-state index in [9.17, 15) is 9.59 Å². The van der Waals surface area contributed by atoms with E-state index in [1.165, 1.54) is 6.08 Å². The largest absolute Gasteiger partial charge is 0.465 e. The second-order valence-corrected chi connectivity index (χ2v) is 5.92. The van der Waals surface area contributed by atoms with Gasteiger partial charge in [0.25, 0.3) is 0 Å². The number of amides is 2. The number of aryl methyl sites for hydroxylation is 1. The fourth-order valence-electron chi connectivity index (χ4n) is 3.08. The van der Waals surface area contributed by atoms with Crippen molar-refractivity contribution in [3.05, 3.63) is 30.7 Å². The molecule has 1 aliphatic heterocycles. The number of anilines is 2. The van der Waals surface area contributed by atoms with Crippen molar-refractivity contribution in [1.82, 2.24) is 19.7 Å². The number of nitrogens with zero attached hydrogens (tertiary/aromatic N) is 4. The minimum Gasteiger partial charge on any atom is -0.465 e. The number of rotatable bonds is 4. The first kappa shape index (κ1) is 16.7. The molecular formula is C16H20N6O3. The van der Waals surface area contributed by atoms with E-state index in [-0.39, 0.29) is 11.9 Å². The van der Waals surface area contributed by atoms with Gasteiger partial charge in [-0.1, -0.05) is 6.58 Å². The lowest BCUT2D eigenvalue weighted by Crippen LogP contribution is -2.47. The van der Waals surface area contributed by atoms with Crippen LogP contribution in [0.2, 0.25) is 0 Å².